The average Bonchev–Trinajstić information content (AvgIpc) is 2.62. The fourth-order valence-electron chi connectivity index (χ4n) is 1.88. The Morgan fingerprint density at radius 2 is 2.46 bits per heavy atom. The van der Waals surface area contributed by atoms with E-state index in [0.717, 1.165) is 6.54 Å². The minimum atomic E-state index is 0.271. The van der Waals surface area contributed by atoms with Gasteiger partial charge in [0, 0.05) is 10.9 Å². The monoisotopic (exact) mass is 196 g/mol. The van der Waals surface area contributed by atoms with Crippen molar-refractivity contribution in [2.24, 2.45) is 11.7 Å². The summed E-state index contributed by atoms with van der Waals surface area (Å²) < 4.78 is 0. The molecule has 72 valence electrons. The van der Waals surface area contributed by atoms with Crippen LogP contribution < -0.4 is 11.1 Å². The van der Waals surface area contributed by atoms with E-state index in [1.165, 1.54) is 11.3 Å². The smallest absolute Gasteiger partial charge is 0.0571 e. The third-order valence-corrected chi connectivity index (χ3v) is 3.81. The highest BCUT2D eigenvalue weighted by Gasteiger charge is 2.28. The molecule has 1 fully saturated rings. The van der Waals surface area contributed by atoms with E-state index in [0.29, 0.717) is 12.0 Å². The van der Waals surface area contributed by atoms with Crippen molar-refractivity contribution in [2.45, 2.75) is 25.4 Å². The zero-order chi connectivity index (χ0) is 9.26. The first-order chi connectivity index (χ1) is 6.29. The van der Waals surface area contributed by atoms with E-state index >= 15 is 0 Å². The highest BCUT2D eigenvalue weighted by Crippen LogP contribution is 2.28. The summed E-state index contributed by atoms with van der Waals surface area (Å²) in [6.45, 7) is 3.34. The number of nitrogens with one attached hydrogen (secondary N) is 1. The van der Waals surface area contributed by atoms with Gasteiger partial charge in [-0.05, 0) is 30.3 Å². The van der Waals surface area contributed by atoms with Crippen LogP contribution >= 0.6 is 11.3 Å². The van der Waals surface area contributed by atoms with Crippen LogP contribution in [0, 0.1) is 5.92 Å². The lowest BCUT2D eigenvalue weighted by Gasteiger charge is -2.34. The van der Waals surface area contributed by atoms with Gasteiger partial charge in [-0.15, -0.1) is 11.3 Å². The highest BCUT2D eigenvalue weighted by molar-refractivity contribution is 7.10. The van der Waals surface area contributed by atoms with Crippen molar-refractivity contribution >= 4 is 11.3 Å². The summed E-state index contributed by atoms with van der Waals surface area (Å²) >= 11 is 1.79. The van der Waals surface area contributed by atoms with Gasteiger partial charge in [0.1, 0.15) is 0 Å². The molecule has 0 spiro atoms. The van der Waals surface area contributed by atoms with Gasteiger partial charge >= 0.3 is 0 Å². The fraction of sp³-hybridized carbons (Fsp3) is 0.600. The fourth-order valence-corrected chi connectivity index (χ4v) is 2.74. The zero-order valence-electron chi connectivity index (χ0n) is 7.86. The first-order valence-electron chi connectivity index (χ1n) is 4.81. The van der Waals surface area contributed by atoms with Crippen LogP contribution in [-0.2, 0) is 0 Å². The molecule has 0 amide bonds. The van der Waals surface area contributed by atoms with Crippen LogP contribution in [0.25, 0.3) is 0 Å². The molecule has 2 rings (SSSR count). The molecule has 0 bridgehead atoms. The molecule has 0 saturated carbocycles. The van der Waals surface area contributed by atoms with Crippen LogP contribution in [0.15, 0.2) is 17.5 Å². The van der Waals surface area contributed by atoms with Gasteiger partial charge in [-0.1, -0.05) is 13.0 Å². The van der Waals surface area contributed by atoms with Crippen molar-refractivity contribution in [1.29, 1.82) is 0 Å². The van der Waals surface area contributed by atoms with E-state index < -0.39 is 0 Å². The molecule has 3 heteroatoms. The van der Waals surface area contributed by atoms with E-state index in [1.807, 2.05) is 0 Å². The van der Waals surface area contributed by atoms with Gasteiger partial charge in [-0.3, -0.25) is 0 Å². The Balaban J connectivity index is 2.14. The highest BCUT2D eigenvalue weighted by atomic mass is 32.1. The predicted molar refractivity (Wildman–Crippen MR) is 56.8 cm³/mol. The molecule has 0 radical (unpaired) electrons. The number of hydrogen-bond donors (Lipinski definition) is 2. The quantitative estimate of drug-likeness (QED) is 0.718. The lowest BCUT2D eigenvalue weighted by Crippen LogP contribution is -2.47. The Kier molecular flexibility index (Phi) is 2.67. The van der Waals surface area contributed by atoms with Crippen LogP contribution in [0.3, 0.4) is 0 Å². The molecule has 1 aliphatic heterocycles. The maximum Gasteiger partial charge on any atom is 0.0571 e. The minimum Gasteiger partial charge on any atom is -0.326 e. The molecule has 3 unspecified atom stereocenters. The van der Waals surface area contributed by atoms with E-state index in [4.69, 9.17) is 5.73 Å². The molecular formula is C10H16N2S. The van der Waals surface area contributed by atoms with E-state index in [-0.39, 0.29) is 6.04 Å². The van der Waals surface area contributed by atoms with Gasteiger partial charge in [0.25, 0.3) is 0 Å². The van der Waals surface area contributed by atoms with Gasteiger partial charge in [0.15, 0.2) is 0 Å². The van der Waals surface area contributed by atoms with Crippen molar-refractivity contribution in [3.8, 4) is 0 Å². The van der Waals surface area contributed by atoms with Crippen molar-refractivity contribution < 1.29 is 0 Å². The van der Waals surface area contributed by atoms with Gasteiger partial charge in [0.05, 0.1) is 6.04 Å². The molecule has 3 atom stereocenters. The third kappa shape index (κ3) is 1.77. The third-order valence-electron chi connectivity index (χ3n) is 2.86. The number of rotatable bonds is 1. The van der Waals surface area contributed by atoms with Crippen LogP contribution in [0.5, 0.6) is 0 Å². The van der Waals surface area contributed by atoms with Crippen molar-refractivity contribution in [2.75, 3.05) is 6.54 Å². The Morgan fingerprint density at radius 3 is 3.15 bits per heavy atom. The summed E-state index contributed by atoms with van der Waals surface area (Å²) in [6, 6.07) is 4.91. The lowest BCUT2D eigenvalue weighted by molar-refractivity contribution is 0.278. The molecule has 1 aliphatic rings. The van der Waals surface area contributed by atoms with Crippen LogP contribution in [0.2, 0.25) is 0 Å². The van der Waals surface area contributed by atoms with Crippen LogP contribution in [0.1, 0.15) is 24.3 Å². The van der Waals surface area contributed by atoms with Crippen LogP contribution in [0.4, 0.5) is 0 Å². The summed E-state index contributed by atoms with van der Waals surface area (Å²) in [7, 11) is 0. The number of nitrogens with two attached hydrogens (primary N) is 1. The van der Waals surface area contributed by atoms with Gasteiger partial charge in [0.2, 0.25) is 0 Å². The topological polar surface area (TPSA) is 38.0 Å². The van der Waals surface area contributed by atoms with Gasteiger partial charge in [-0.2, -0.15) is 0 Å². The normalized spacial score (nSPS) is 34.8. The SMILES string of the molecule is CC1CCNC(c2cccs2)C1N. The Bertz CT molecular complexity index is 258. The molecule has 1 aromatic heterocycles. The Hall–Kier alpha value is -0.380. The first kappa shape index (κ1) is 9.19. The van der Waals surface area contributed by atoms with Gasteiger partial charge in [-0.25, -0.2) is 0 Å². The zero-order valence-corrected chi connectivity index (χ0v) is 8.68. The predicted octanol–water partition coefficient (Wildman–Crippen LogP) is 1.75. The van der Waals surface area contributed by atoms with Gasteiger partial charge < -0.3 is 11.1 Å². The molecule has 0 aromatic carbocycles. The second kappa shape index (κ2) is 3.78. The molecule has 1 saturated heterocycles. The lowest BCUT2D eigenvalue weighted by atomic mass is 9.88. The van der Waals surface area contributed by atoms with Crippen molar-refractivity contribution in [3.63, 3.8) is 0 Å². The Morgan fingerprint density at radius 1 is 1.62 bits per heavy atom. The largest absolute Gasteiger partial charge is 0.326 e. The standard InChI is InChI=1S/C10H16N2S/c1-7-4-5-12-10(9(7)11)8-3-2-6-13-8/h2-3,6-7,9-10,12H,4-5,11H2,1H3. The summed E-state index contributed by atoms with van der Waals surface area (Å²) in [5.41, 5.74) is 6.16. The maximum absolute atomic E-state index is 6.16. The summed E-state index contributed by atoms with van der Waals surface area (Å²) in [6.07, 6.45) is 1.20. The molecule has 0 aliphatic carbocycles. The number of hydrogen-bond acceptors (Lipinski definition) is 3. The van der Waals surface area contributed by atoms with Crippen molar-refractivity contribution in [3.05, 3.63) is 22.4 Å². The summed E-state index contributed by atoms with van der Waals surface area (Å²) in [5.74, 6) is 0.633. The summed E-state index contributed by atoms with van der Waals surface area (Å²) in [4.78, 5) is 1.37. The minimum absolute atomic E-state index is 0.271. The maximum atomic E-state index is 6.16. The molecular weight excluding hydrogens is 180 g/mol. The first-order valence-corrected chi connectivity index (χ1v) is 5.69. The molecule has 2 heterocycles. The average molecular weight is 196 g/mol. The Labute approximate surface area is 83.1 Å². The molecule has 2 nitrogen and oxygen atoms in total. The van der Waals surface area contributed by atoms with E-state index in [1.54, 1.807) is 11.3 Å². The molecule has 1 aromatic rings. The summed E-state index contributed by atoms with van der Waals surface area (Å²) in [5, 5.41) is 5.60. The molecule has 13 heavy (non-hydrogen) atoms. The molecule has 3 N–H and O–H groups in total. The van der Waals surface area contributed by atoms with Crippen LogP contribution in [-0.4, -0.2) is 12.6 Å². The number of piperidine rings is 1. The second-order valence-electron chi connectivity index (χ2n) is 3.79. The number of thiophene rings is 1. The second-order valence-corrected chi connectivity index (χ2v) is 4.77. The van der Waals surface area contributed by atoms with E-state index in [2.05, 4.69) is 29.8 Å². The van der Waals surface area contributed by atoms with Crippen molar-refractivity contribution in [1.82, 2.24) is 5.32 Å². The van der Waals surface area contributed by atoms with E-state index in [9.17, 15) is 0 Å².